The zero-order valence-corrected chi connectivity index (χ0v) is 12.2. The number of carbonyl (C=O) groups is 1. The summed E-state index contributed by atoms with van der Waals surface area (Å²) in [6.45, 7) is 7.27. The Morgan fingerprint density at radius 3 is 2.47 bits per heavy atom. The molecule has 1 rings (SSSR count). The largest absolute Gasteiger partial charge is 0.385 e. The van der Waals surface area contributed by atoms with Crippen molar-refractivity contribution >= 4 is 11.6 Å². The summed E-state index contributed by atoms with van der Waals surface area (Å²) >= 11 is 0. The summed E-state index contributed by atoms with van der Waals surface area (Å²) in [5.41, 5.74) is 3.36. The van der Waals surface area contributed by atoms with Crippen molar-refractivity contribution in [3.05, 3.63) is 29.3 Å². The maximum absolute atomic E-state index is 11.9. The van der Waals surface area contributed by atoms with Crippen LogP contribution in [-0.2, 0) is 9.53 Å². The van der Waals surface area contributed by atoms with E-state index in [-0.39, 0.29) is 11.9 Å². The summed E-state index contributed by atoms with van der Waals surface area (Å²) in [7, 11) is 1.66. The molecule has 0 radical (unpaired) electrons. The smallest absolute Gasteiger partial charge is 0.242 e. The molecular formula is C15H24N2O2. The molecular weight excluding hydrogens is 240 g/mol. The van der Waals surface area contributed by atoms with Gasteiger partial charge in [-0.1, -0.05) is 6.07 Å². The van der Waals surface area contributed by atoms with Crippen molar-refractivity contribution in [1.82, 2.24) is 5.32 Å². The second-order valence-electron chi connectivity index (χ2n) is 4.88. The van der Waals surface area contributed by atoms with E-state index in [4.69, 9.17) is 4.74 Å². The highest BCUT2D eigenvalue weighted by molar-refractivity contribution is 5.84. The van der Waals surface area contributed by atoms with Crippen LogP contribution in [-0.4, -0.2) is 32.2 Å². The van der Waals surface area contributed by atoms with Gasteiger partial charge in [-0.3, -0.25) is 4.79 Å². The van der Waals surface area contributed by atoms with Crippen LogP contribution in [0.5, 0.6) is 0 Å². The summed E-state index contributed by atoms with van der Waals surface area (Å²) in [6, 6.07) is 5.95. The van der Waals surface area contributed by atoms with E-state index >= 15 is 0 Å². The van der Waals surface area contributed by atoms with E-state index in [9.17, 15) is 4.79 Å². The fourth-order valence-corrected chi connectivity index (χ4v) is 1.95. The monoisotopic (exact) mass is 264 g/mol. The first-order valence-corrected chi connectivity index (χ1v) is 6.64. The highest BCUT2D eigenvalue weighted by atomic mass is 16.5. The number of benzene rings is 1. The number of nitrogens with one attached hydrogen (secondary N) is 2. The summed E-state index contributed by atoms with van der Waals surface area (Å²) in [6.07, 6.45) is 0.832. The van der Waals surface area contributed by atoms with Crippen molar-refractivity contribution < 1.29 is 9.53 Å². The molecule has 1 amide bonds. The summed E-state index contributed by atoms with van der Waals surface area (Å²) in [4.78, 5) is 11.9. The SMILES string of the molecule is COCCCNC(=O)C(C)Nc1cc(C)cc(C)c1. The lowest BCUT2D eigenvalue weighted by Crippen LogP contribution is -2.38. The third-order valence-electron chi connectivity index (χ3n) is 2.82. The number of hydrogen-bond donors (Lipinski definition) is 2. The van der Waals surface area contributed by atoms with Gasteiger partial charge in [-0.05, 0) is 50.5 Å². The number of rotatable bonds is 7. The minimum atomic E-state index is -0.247. The van der Waals surface area contributed by atoms with E-state index < -0.39 is 0 Å². The minimum Gasteiger partial charge on any atom is -0.385 e. The molecule has 0 aromatic heterocycles. The second kappa shape index (κ2) is 7.79. The molecule has 0 heterocycles. The molecule has 1 unspecified atom stereocenters. The molecule has 0 aliphatic heterocycles. The van der Waals surface area contributed by atoms with Crippen LogP contribution in [0.25, 0.3) is 0 Å². The topological polar surface area (TPSA) is 50.4 Å². The number of methoxy groups -OCH3 is 1. The van der Waals surface area contributed by atoms with Gasteiger partial charge in [0.05, 0.1) is 0 Å². The Morgan fingerprint density at radius 1 is 1.26 bits per heavy atom. The molecule has 0 fully saturated rings. The van der Waals surface area contributed by atoms with E-state index in [0.717, 1.165) is 12.1 Å². The van der Waals surface area contributed by atoms with Crippen LogP contribution in [0.3, 0.4) is 0 Å². The molecule has 0 saturated carbocycles. The predicted molar refractivity (Wildman–Crippen MR) is 78.5 cm³/mol. The molecule has 19 heavy (non-hydrogen) atoms. The van der Waals surface area contributed by atoms with Crippen molar-refractivity contribution in [2.75, 3.05) is 25.6 Å². The Kier molecular flexibility index (Phi) is 6.36. The van der Waals surface area contributed by atoms with Gasteiger partial charge in [0, 0.05) is 25.9 Å². The van der Waals surface area contributed by atoms with Crippen molar-refractivity contribution in [1.29, 1.82) is 0 Å². The van der Waals surface area contributed by atoms with Crippen LogP contribution in [0.4, 0.5) is 5.69 Å². The van der Waals surface area contributed by atoms with E-state index in [0.29, 0.717) is 13.2 Å². The van der Waals surface area contributed by atoms with Gasteiger partial charge in [-0.15, -0.1) is 0 Å². The molecule has 1 atom stereocenters. The molecule has 0 bridgehead atoms. The molecule has 1 aromatic rings. The van der Waals surface area contributed by atoms with Gasteiger partial charge < -0.3 is 15.4 Å². The van der Waals surface area contributed by atoms with Crippen LogP contribution >= 0.6 is 0 Å². The number of amides is 1. The molecule has 1 aromatic carbocycles. The fraction of sp³-hybridized carbons (Fsp3) is 0.533. The van der Waals surface area contributed by atoms with Crippen molar-refractivity contribution in [2.24, 2.45) is 0 Å². The first-order chi connectivity index (χ1) is 9.02. The molecule has 4 nitrogen and oxygen atoms in total. The lowest BCUT2D eigenvalue weighted by molar-refractivity contribution is -0.121. The summed E-state index contributed by atoms with van der Waals surface area (Å²) in [5, 5.41) is 6.11. The zero-order chi connectivity index (χ0) is 14.3. The van der Waals surface area contributed by atoms with Gasteiger partial charge in [0.1, 0.15) is 6.04 Å². The Labute approximate surface area is 115 Å². The van der Waals surface area contributed by atoms with E-state index in [1.807, 2.05) is 32.9 Å². The number of carbonyl (C=O) groups excluding carboxylic acids is 1. The average Bonchev–Trinajstić information content (AvgIpc) is 2.33. The standard InChI is InChI=1S/C15H24N2O2/c1-11-8-12(2)10-14(9-11)17-13(3)15(18)16-6-5-7-19-4/h8-10,13,17H,5-7H2,1-4H3,(H,16,18). The maximum atomic E-state index is 11.9. The van der Waals surface area contributed by atoms with Gasteiger partial charge in [0.2, 0.25) is 5.91 Å². The first-order valence-electron chi connectivity index (χ1n) is 6.64. The Balaban J connectivity index is 2.44. The lowest BCUT2D eigenvalue weighted by atomic mass is 10.1. The van der Waals surface area contributed by atoms with Crippen molar-refractivity contribution in [3.63, 3.8) is 0 Å². The molecule has 0 saturated heterocycles. The Bertz CT molecular complexity index is 398. The average molecular weight is 264 g/mol. The molecule has 106 valence electrons. The summed E-state index contributed by atoms with van der Waals surface area (Å²) < 4.78 is 4.94. The Morgan fingerprint density at radius 2 is 1.89 bits per heavy atom. The number of anilines is 1. The summed E-state index contributed by atoms with van der Waals surface area (Å²) in [5.74, 6) is 0.00950. The van der Waals surface area contributed by atoms with E-state index in [2.05, 4.69) is 16.7 Å². The molecule has 0 aliphatic carbocycles. The van der Waals surface area contributed by atoms with Crippen LogP contribution in [0.15, 0.2) is 18.2 Å². The highest BCUT2D eigenvalue weighted by Gasteiger charge is 2.11. The predicted octanol–water partition coefficient (Wildman–Crippen LogP) is 2.26. The van der Waals surface area contributed by atoms with Crippen molar-refractivity contribution in [3.8, 4) is 0 Å². The van der Waals surface area contributed by atoms with Crippen LogP contribution in [0.2, 0.25) is 0 Å². The highest BCUT2D eigenvalue weighted by Crippen LogP contribution is 2.14. The van der Waals surface area contributed by atoms with Crippen molar-refractivity contribution in [2.45, 2.75) is 33.2 Å². The number of ether oxygens (including phenoxy) is 1. The molecule has 0 spiro atoms. The van der Waals surface area contributed by atoms with Gasteiger partial charge in [0.25, 0.3) is 0 Å². The van der Waals surface area contributed by atoms with Gasteiger partial charge in [0.15, 0.2) is 0 Å². The van der Waals surface area contributed by atoms with Gasteiger partial charge in [-0.2, -0.15) is 0 Å². The van der Waals surface area contributed by atoms with Gasteiger partial charge in [-0.25, -0.2) is 0 Å². The normalized spacial score (nSPS) is 12.0. The quantitative estimate of drug-likeness (QED) is 0.743. The van der Waals surface area contributed by atoms with E-state index in [1.165, 1.54) is 11.1 Å². The molecule has 0 aliphatic rings. The number of hydrogen-bond acceptors (Lipinski definition) is 3. The zero-order valence-electron chi connectivity index (χ0n) is 12.2. The second-order valence-corrected chi connectivity index (χ2v) is 4.88. The van der Waals surface area contributed by atoms with Crippen LogP contribution < -0.4 is 10.6 Å². The third kappa shape index (κ3) is 5.75. The Hall–Kier alpha value is -1.55. The van der Waals surface area contributed by atoms with Gasteiger partial charge >= 0.3 is 0 Å². The maximum Gasteiger partial charge on any atom is 0.242 e. The fourth-order valence-electron chi connectivity index (χ4n) is 1.95. The minimum absolute atomic E-state index is 0.00950. The van der Waals surface area contributed by atoms with E-state index in [1.54, 1.807) is 7.11 Å². The number of aryl methyl sites for hydroxylation is 2. The lowest BCUT2D eigenvalue weighted by Gasteiger charge is -2.16. The molecule has 2 N–H and O–H groups in total. The first kappa shape index (κ1) is 15.5. The van der Waals surface area contributed by atoms with Crippen LogP contribution in [0, 0.1) is 13.8 Å². The molecule has 4 heteroatoms. The van der Waals surface area contributed by atoms with Crippen LogP contribution in [0.1, 0.15) is 24.5 Å². The third-order valence-corrected chi connectivity index (χ3v) is 2.82.